The number of hydrogen-bond acceptors (Lipinski definition) is 3. The Kier molecular flexibility index (Phi) is 2.68. The Morgan fingerprint density at radius 3 is 2.50 bits per heavy atom. The number of aryl methyl sites for hydroxylation is 1. The Labute approximate surface area is 94.1 Å². The molecule has 16 heavy (non-hydrogen) atoms. The fourth-order valence-electron chi connectivity index (χ4n) is 1.37. The van der Waals surface area contributed by atoms with Gasteiger partial charge in [0.1, 0.15) is 17.2 Å². The summed E-state index contributed by atoms with van der Waals surface area (Å²) in [6.07, 6.45) is 0. The van der Waals surface area contributed by atoms with Gasteiger partial charge in [-0.25, -0.2) is 0 Å². The first kappa shape index (κ1) is 10.4. The van der Waals surface area contributed by atoms with Crippen LogP contribution in [0.15, 0.2) is 42.5 Å². The molecule has 0 heterocycles. The molecule has 0 radical (unpaired) electrons. The lowest BCUT2D eigenvalue weighted by molar-refractivity contribution is 0.452. The van der Waals surface area contributed by atoms with Gasteiger partial charge in [-0.3, -0.25) is 0 Å². The van der Waals surface area contributed by atoms with Gasteiger partial charge >= 0.3 is 0 Å². The van der Waals surface area contributed by atoms with E-state index in [1.807, 2.05) is 19.1 Å². The second-order valence-corrected chi connectivity index (χ2v) is 3.62. The molecule has 0 aromatic heterocycles. The molecule has 2 aromatic carbocycles. The van der Waals surface area contributed by atoms with Crippen LogP contribution in [-0.4, -0.2) is 5.11 Å². The van der Waals surface area contributed by atoms with Crippen LogP contribution >= 0.6 is 0 Å². The number of phenols is 1. The zero-order valence-corrected chi connectivity index (χ0v) is 8.97. The lowest BCUT2D eigenvalue weighted by atomic mass is 10.2. The zero-order chi connectivity index (χ0) is 11.5. The van der Waals surface area contributed by atoms with Crippen LogP contribution in [0.5, 0.6) is 17.2 Å². The van der Waals surface area contributed by atoms with E-state index in [1.54, 1.807) is 30.3 Å². The van der Waals surface area contributed by atoms with E-state index < -0.39 is 0 Å². The molecule has 2 rings (SSSR count). The van der Waals surface area contributed by atoms with E-state index in [9.17, 15) is 5.11 Å². The maximum atomic E-state index is 9.53. The minimum atomic E-state index is 0.224. The maximum absolute atomic E-state index is 9.53. The van der Waals surface area contributed by atoms with E-state index in [0.29, 0.717) is 17.2 Å². The van der Waals surface area contributed by atoms with Crippen molar-refractivity contribution in [2.75, 3.05) is 5.73 Å². The molecule has 3 N–H and O–H groups in total. The second-order valence-electron chi connectivity index (χ2n) is 3.62. The van der Waals surface area contributed by atoms with Gasteiger partial charge in [0.2, 0.25) is 0 Å². The summed E-state index contributed by atoms with van der Waals surface area (Å²) in [5.41, 5.74) is 7.10. The molecule has 0 saturated heterocycles. The van der Waals surface area contributed by atoms with Gasteiger partial charge in [-0.1, -0.05) is 12.1 Å². The van der Waals surface area contributed by atoms with Gasteiger partial charge in [0, 0.05) is 17.8 Å². The van der Waals surface area contributed by atoms with Crippen molar-refractivity contribution in [1.29, 1.82) is 0 Å². The summed E-state index contributed by atoms with van der Waals surface area (Å²) in [6, 6.07) is 12.3. The van der Waals surface area contributed by atoms with Crippen molar-refractivity contribution < 1.29 is 9.84 Å². The van der Waals surface area contributed by atoms with Gasteiger partial charge in [0.05, 0.1) is 0 Å². The molecular formula is C13H13NO2. The number of nitrogen functional groups attached to an aromatic ring is 1. The Hall–Kier alpha value is -2.16. The number of anilines is 1. The highest BCUT2D eigenvalue weighted by atomic mass is 16.5. The monoisotopic (exact) mass is 215 g/mol. The van der Waals surface area contributed by atoms with Crippen molar-refractivity contribution in [2.45, 2.75) is 6.92 Å². The third-order valence-corrected chi connectivity index (χ3v) is 2.27. The predicted octanol–water partition coefficient (Wildman–Crippen LogP) is 3.08. The van der Waals surface area contributed by atoms with Crippen molar-refractivity contribution >= 4 is 5.69 Å². The van der Waals surface area contributed by atoms with Crippen molar-refractivity contribution in [1.82, 2.24) is 0 Å². The van der Waals surface area contributed by atoms with Crippen LogP contribution in [0.25, 0.3) is 0 Å². The van der Waals surface area contributed by atoms with Gasteiger partial charge < -0.3 is 15.6 Å². The average Bonchev–Trinajstić information content (AvgIpc) is 2.24. The number of ether oxygens (including phenoxy) is 1. The smallest absolute Gasteiger partial charge is 0.131 e. The van der Waals surface area contributed by atoms with Gasteiger partial charge in [-0.15, -0.1) is 0 Å². The molecule has 2 aromatic rings. The van der Waals surface area contributed by atoms with E-state index >= 15 is 0 Å². The third kappa shape index (κ3) is 2.25. The predicted molar refractivity (Wildman–Crippen MR) is 63.8 cm³/mol. The van der Waals surface area contributed by atoms with Crippen LogP contribution in [0.1, 0.15) is 5.56 Å². The molecule has 0 bridgehead atoms. The number of nitrogens with two attached hydrogens (primary N) is 1. The van der Waals surface area contributed by atoms with Gasteiger partial charge in [0.25, 0.3) is 0 Å². The molecule has 0 aliphatic heterocycles. The van der Waals surface area contributed by atoms with Crippen LogP contribution in [0, 0.1) is 6.92 Å². The van der Waals surface area contributed by atoms with Crippen molar-refractivity contribution in [3.05, 3.63) is 48.0 Å². The van der Waals surface area contributed by atoms with E-state index in [1.165, 1.54) is 0 Å². The molecule has 3 nitrogen and oxygen atoms in total. The van der Waals surface area contributed by atoms with E-state index in [0.717, 1.165) is 5.56 Å². The molecule has 3 heteroatoms. The fraction of sp³-hybridized carbons (Fsp3) is 0.0769. The SMILES string of the molecule is Cc1ccc(Oc2cccc(N)c2)cc1O. The van der Waals surface area contributed by atoms with Crippen molar-refractivity contribution in [2.24, 2.45) is 0 Å². The highest BCUT2D eigenvalue weighted by Crippen LogP contribution is 2.27. The summed E-state index contributed by atoms with van der Waals surface area (Å²) in [4.78, 5) is 0. The molecule has 82 valence electrons. The first-order valence-electron chi connectivity index (χ1n) is 4.98. The molecular weight excluding hydrogens is 202 g/mol. The summed E-state index contributed by atoms with van der Waals surface area (Å²) in [5, 5.41) is 9.53. The summed E-state index contributed by atoms with van der Waals surface area (Å²) < 4.78 is 5.56. The normalized spacial score (nSPS) is 10.1. The lowest BCUT2D eigenvalue weighted by Crippen LogP contribution is -1.87. The van der Waals surface area contributed by atoms with Crippen LogP contribution in [0.3, 0.4) is 0 Å². The highest BCUT2D eigenvalue weighted by molar-refractivity contribution is 5.46. The molecule has 0 unspecified atom stereocenters. The van der Waals surface area contributed by atoms with Crippen molar-refractivity contribution in [3.8, 4) is 17.2 Å². The minimum absolute atomic E-state index is 0.224. The molecule has 0 atom stereocenters. The number of hydrogen-bond donors (Lipinski definition) is 2. The van der Waals surface area contributed by atoms with Gasteiger partial charge in [0.15, 0.2) is 0 Å². The molecule has 0 aliphatic carbocycles. The van der Waals surface area contributed by atoms with Gasteiger partial charge in [-0.05, 0) is 30.7 Å². The van der Waals surface area contributed by atoms with Crippen molar-refractivity contribution in [3.63, 3.8) is 0 Å². The molecule has 0 aliphatic rings. The maximum Gasteiger partial charge on any atom is 0.131 e. The Bertz CT molecular complexity index is 509. The van der Waals surface area contributed by atoms with Crippen LogP contribution in [0.2, 0.25) is 0 Å². The quantitative estimate of drug-likeness (QED) is 0.757. The molecule has 0 spiro atoms. The third-order valence-electron chi connectivity index (χ3n) is 2.27. The number of phenolic OH excluding ortho intramolecular Hbond substituents is 1. The zero-order valence-electron chi connectivity index (χ0n) is 8.97. The largest absolute Gasteiger partial charge is 0.508 e. The summed E-state index contributed by atoms with van der Waals surface area (Å²) in [5.74, 6) is 1.47. The molecule has 0 saturated carbocycles. The second kappa shape index (κ2) is 4.14. The molecule has 0 amide bonds. The Morgan fingerprint density at radius 1 is 1.06 bits per heavy atom. The first-order chi connectivity index (χ1) is 7.65. The number of aromatic hydroxyl groups is 1. The summed E-state index contributed by atoms with van der Waals surface area (Å²) in [6.45, 7) is 1.83. The Balaban J connectivity index is 2.24. The van der Waals surface area contributed by atoms with E-state index in [2.05, 4.69) is 0 Å². The standard InChI is InChI=1S/C13H13NO2/c1-9-5-6-12(8-13(9)15)16-11-4-2-3-10(14)7-11/h2-8,15H,14H2,1H3. The number of rotatable bonds is 2. The van der Waals surface area contributed by atoms with Crippen LogP contribution in [-0.2, 0) is 0 Å². The van der Waals surface area contributed by atoms with E-state index in [-0.39, 0.29) is 5.75 Å². The Morgan fingerprint density at radius 2 is 1.81 bits per heavy atom. The topological polar surface area (TPSA) is 55.5 Å². The van der Waals surface area contributed by atoms with Crippen LogP contribution < -0.4 is 10.5 Å². The van der Waals surface area contributed by atoms with Gasteiger partial charge in [-0.2, -0.15) is 0 Å². The van der Waals surface area contributed by atoms with E-state index in [4.69, 9.17) is 10.5 Å². The average molecular weight is 215 g/mol. The van der Waals surface area contributed by atoms with Crippen LogP contribution in [0.4, 0.5) is 5.69 Å². The highest BCUT2D eigenvalue weighted by Gasteiger charge is 2.01. The minimum Gasteiger partial charge on any atom is -0.508 e. The summed E-state index contributed by atoms with van der Waals surface area (Å²) in [7, 11) is 0. The summed E-state index contributed by atoms with van der Waals surface area (Å²) >= 11 is 0. The first-order valence-corrected chi connectivity index (χ1v) is 4.98. The number of benzene rings is 2. The molecule has 0 fully saturated rings. The lowest BCUT2D eigenvalue weighted by Gasteiger charge is -2.07. The fourth-order valence-corrected chi connectivity index (χ4v) is 1.37.